The van der Waals surface area contributed by atoms with Crippen molar-refractivity contribution in [3.05, 3.63) is 66.2 Å². The third kappa shape index (κ3) is 4.91. The Morgan fingerprint density at radius 1 is 1.00 bits per heavy atom. The molecule has 1 aromatic heterocycles. The van der Waals surface area contributed by atoms with Crippen LogP contribution in [0.15, 0.2) is 54.9 Å². The molecule has 0 aliphatic carbocycles. The summed E-state index contributed by atoms with van der Waals surface area (Å²) in [5.41, 5.74) is 1.12. The van der Waals surface area contributed by atoms with Crippen LogP contribution >= 0.6 is 0 Å². The molecule has 32 heavy (non-hydrogen) atoms. The Morgan fingerprint density at radius 2 is 1.84 bits per heavy atom. The van der Waals surface area contributed by atoms with Gasteiger partial charge in [0.15, 0.2) is 11.6 Å². The number of piperazine rings is 1. The molecular weight excluding hydrogens is 411 g/mol. The van der Waals surface area contributed by atoms with Crippen LogP contribution in [-0.2, 0) is 6.54 Å². The third-order valence-corrected chi connectivity index (χ3v) is 5.64. The van der Waals surface area contributed by atoms with Gasteiger partial charge in [-0.1, -0.05) is 18.2 Å². The fourth-order valence-corrected chi connectivity index (χ4v) is 3.84. The van der Waals surface area contributed by atoms with Crippen LogP contribution in [0.2, 0.25) is 0 Å². The number of ether oxygens (including phenoxy) is 3. The molecule has 2 aromatic carbocycles. The number of para-hydroxylation sites is 1. The molecule has 0 saturated carbocycles. The Bertz CT molecular complexity index is 1060. The van der Waals surface area contributed by atoms with Gasteiger partial charge >= 0.3 is 0 Å². The highest BCUT2D eigenvalue weighted by molar-refractivity contribution is 5.44. The second-order valence-corrected chi connectivity index (χ2v) is 7.69. The molecule has 8 heteroatoms. The van der Waals surface area contributed by atoms with Crippen molar-refractivity contribution in [3.8, 4) is 23.1 Å². The summed E-state index contributed by atoms with van der Waals surface area (Å²) in [6.07, 6.45) is 1.45. The summed E-state index contributed by atoms with van der Waals surface area (Å²) in [6, 6.07) is 14.2. The van der Waals surface area contributed by atoms with Crippen LogP contribution in [0.25, 0.3) is 0 Å². The molecule has 1 aliphatic heterocycles. The number of hydrogen-bond acceptors (Lipinski definition) is 7. The zero-order valence-electron chi connectivity index (χ0n) is 18.5. The average Bonchev–Trinajstić information content (AvgIpc) is 2.82. The summed E-state index contributed by atoms with van der Waals surface area (Å²) in [5, 5.41) is 0. The number of anilines is 1. The van der Waals surface area contributed by atoms with E-state index < -0.39 is 5.82 Å². The van der Waals surface area contributed by atoms with E-state index >= 15 is 0 Å². The summed E-state index contributed by atoms with van der Waals surface area (Å²) in [6.45, 7) is 5.45. The van der Waals surface area contributed by atoms with E-state index in [1.165, 1.54) is 12.4 Å². The van der Waals surface area contributed by atoms with Gasteiger partial charge < -0.3 is 19.1 Å². The van der Waals surface area contributed by atoms with Crippen LogP contribution in [0.3, 0.4) is 0 Å². The molecule has 7 nitrogen and oxygen atoms in total. The van der Waals surface area contributed by atoms with Crippen molar-refractivity contribution in [2.24, 2.45) is 0 Å². The predicted molar refractivity (Wildman–Crippen MR) is 120 cm³/mol. The summed E-state index contributed by atoms with van der Waals surface area (Å²) in [4.78, 5) is 13.2. The highest BCUT2D eigenvalue weighted by Crippen LogP contribution is 2.29. The lowest BCUT2D eigenvalue weighted by molar-refractivity contribution is 0.178. The summed E-state index contributed by atoms with van der Waals surface area (Å²) < 4.78 is 30.4. The molecule has 1 unspecified atom stereocenters. The highest BCUT2D eigenvalue weighted by atomic mass is 19.1. The van der Waals surface area contributed by atoms with Gasteiger partial charge in [-0.05, 0) is 25.1 Å². The van der Waals surface area contributed by atoms with Crippen molar-refractivity contribution in [1.29, 1.82) is 0 Å². The van der Waals surface area contributed by atoms with Gasteiger partial charge in [-0.25, -0.2) is 14.4 Å². The highest BCUT2D eigenvalue weighted by Gasteiger charge is 2.26. The number of nitrogens with zero attached hydrogens (tertiary/aromatic N) is 4. The number of aromatic nitrogens is 2. The SMILES string of the molecule is COc1ccc(CN2CCN(c3cc(Oc4ccccc4F)ncn3)CC2C)c(OC)c1. The van der Waals surface area contributed by atoms with Crippen molar-refractivity contribution in [2.75, 3.05) is 38.8 Å². The smallest absolute Gasteiger partial charge is 0.224 e. The van der Waals surface area contributed by atoms with Crippen LogP contribution in [0, 0.1) is 5.82 Å². The maximum Gasteiger partial charge on any atom is 0.224 e. The van der Waals surface area contributed by atoms with Gasteiger partial charge in [-0.2, -0.15) is 0 Å². The van der Waals surface area contributed by atoms with Crippen molar-refractivity contribution in [2.45, 2.75) is 19.5 Å². The number of methoxy groups -OCH3 is 2. The molecule has 2 heterocycles. The van der Waals surface area contributed by atoms with Crippen molar-refractivity contribution in [3.63, 3.8) is 0 Å². The quantitative estimate of drug-likeness (QED) is 0.550. The first kappa shape index (κ1) is 21.8. The van der Waals surface area contributed by atoms with Crippen molar-refractivity contribution >= 4 is 5.82 Å². The minimum atomic E-state index is -0.427. The van der Waals surface area contributed by atoms with Crippen molar-refractivity contribution < 1.29 is 18.6 Å². The van der Waals surface area contributed by atoms with Crippen LogP contribution < -0.4 is 19.1 Å². The zero-order valence-corrected chi connectivity index (χ0v) is 18.5. The molecule has 1 aliphatic rings. The fourth-order valence-electron chi connectivity index (χ4n) is 3.84. The molecule has 168 valence electrons. The lowest BCUT2D eigenvalue weighted by atomic mass is 10.1. The van der Waals surface area contributed by atoms with E-state index in [2.05, 4.69) is 26.7 Å². The van der Waals surface area contributed by atoms with Gasteiger partial charge in [0.2, 0.25) is 5.88 Å². The Kier molecular flexibility index (Phi) is 6.70. The first-order valence-corrected chi connectivity index (χ1v) is 10.5. The van der Waals surface area contributed by atoms with Gasteiger partial charge in [-0.3, -0.25) is 4.90 Å². The molecule has 0 radical (unpaired) electrons. The van der Waals surface area contributed by atoms with E-state index in [4.69, 9.17) is 14.2 Å². The number of hydrogen-bond donors (Lipinski definition) is 0. The zero-order chi connectivity index (χ0) is 22.5. The second kappa shape index (κ2) is 9.82. The van der Waals surface area contributed by atoms with E-state index in [-0.39, 0.29) is 5.75 Å². The molecule has 0 bridgehead atoms. The maximum absolute atomic E-state index is 13.9. The Hall–Kier alpha value is -3.39. The van der Waals surface area contributed by atoms with E-state index in [0.29, 0.717) is 11.9 Å². The molecule has 1 fully saturated rings. The molecule has 1 atom stereocenters. The van der Waals surface area contributed by atoms with E-state index in [1.54, 1.807) is 38.5 Å². The monoisotopic (exact) mass is 438 g/mol. The largest absolute Gasteiger partial charge is 0.497 e. The van der Waals surface area contributed by atoms with Crippen molar-refractivity contribution in [1.82, 2.24) is 14.9 Å². The maximum atomic E-state index is 13.9. The second-order valence-electron chi connectivity index (χ2n) is 7.69. The number of benzene rings is 2. The van der Waals surface area contributed by atoms with E-state index in [0.717, 1.165) is 49.1 Å². The first-order chi connectivity index (χ1) is 15.6. The van der Waals surface area contributed by atoms with Gasteiger partial charge in [0.25, 0.3) is 0 Å². The van der Waals surface area contributed by atoms with Gasteiger partial charge in [0.05, 0.1) is 14.2 Å². The fraction of sp³-hybridized carbons (Fsp3) is 0.333. The molecule has 0 spiro atoms. The first-order valence-electron chi connectivity index (χ1n) is 10.5. The van der Waals surface area contributed by atoms with Crippen LogP contribution in [0.5, 0.6) is 23.1 Å². The minimum absolute atomic E-state index is 0.142. The van der Waals surface area contributed by atoms with Gasteiger partial charge in [-0.15, -0.1) is 0 Å². The summed E-state index contributed by atoms with van der Waals surface area (Å²) in [7, 11) is 3.32. The number of rotatable bonds is 7. The molecule has 4 rings (SSSR count). The minimum Gasteiger partial charge on any atom is -0.497 e. The topological polar surface area (TPSA) is 60.0 Å². The Morgan fingerprint density at radius 3 is 2.59 bits per heavy atom. The standard InChI is InChI=1S/C24H27FN4O3/c1-17-14-29(11-10-28(17)15-18-8-9-19(30-2)12-22(18)31-3)23-13-24(27-16-26-23)32-21-7-5-4-6-20(21)25/h4-9,12-13,16-17H,10-11,14-15H2,1-3H3. The van der Waals surface area contributed by atoms with Crippen LogP contribution in [-0.4, -0.2) is 54.8 Å². The molecule has 3 aromatic rings. The molecule has 0 amide bonds. The van der Waals surface area contributed by atoms with E-state index in [9.17, 15) is 4.39 Å². The summed E-state index contributed by atoms with van der Waals surface area (Å²) >= 11 is 0. The normalized spacial score (nSPS) is 16.6. The molecule has 1 saturated heterocycles. The third-order valence-electron chi connectivity index (χ3n) is 5.64. The molecule has 0 N–H and O–H groups in total. The van der Waals surface area contributed by atoms with Crippen LogP contribution in [0.4, 0.5) is 10.2 Å². The van der Waals surface area contributed by atoms with E-state index in [1.807, 2.05) is 18.2 Å². The lowest BCUT2D eigenvalue weighted by Gasteiger charge is -2.40. The summed E-state index contributed by atoms with van der Waals surface area (Å²) in [5.74, 6) is 2.40. The number of halogens is 1. The average molecular weight is 439 g/mol. The molecular formula is C24H27FN4O3. The van der Waals surface area contributed by atoms with Gasteiger partial charge in [0.1, 0.15) is 23.6 Å². The van der Waals surface area contributed by atoms with Gasteiger partial charge in [0, 0.05) is 49.9 Å². The Balaban J connectivity index is 1.42. The lowest BCUT2D eigenvalue weighted by Crippen LogP contribution is -2.51. The predicted octanol–water partition coefficient (Wildman–Crippen LogP) is 4.14. The Labute approximate surface area is 187 Å². The van der Waals surface area contributed by atoms with Crippen LogP contribution in [0.1, 0.15) is 12.5 Å².